The zero-order chi connectivity index (χ0) is 20.8. The Kier molecular flexibility index (Phi) is 6.03. The number of amides is 2. The van der Waals surface area contributed by atoms with Gasteiger partial charge in [-0.25, -0.2) is 4.39 Å². The number of pyridine rings is 1. The zero-order valence-electron chi connectivity index (χ0n) is 15.5. The van der Waals surface area contributed by atoms with Gasteiger partial charge in [0.15, 0.2) is 5.75 Å². The molecule has 1 aromatic heterocycles. The molecular formula is C21H18FN3O4. The lowest BCUT2D eigenvalue weighted by molar-refractivity contribution is -0.114. The lowest BCUT2D eigenvalue weighted by Gasteiger charge is -2.09. The Hall–Kier alpha value is -3.94. The zero-order valence-corrected chi connectivity index (χ0v) is 15.5. The van der Waals surface area contributed by atoms with Crippen molar-refractivity contribution in [2.24, 2.45) is 0 Å². The van der Waals surface area contributed by atoms with Crippen LogP contribution in [0.3, 0.4) is 0 Å². The molecule has 0 saturated carbocycles. The van der Waals surface area contributed by atoms with E-state index in [2.05, 4.69) is 15.6 Å². The average Bonchev–Trinajstić information content (AvgIpc) is 2.69. The van der Waals surface area contributed by atoms with Crippen molar-refractivity contribution in [2.75, 3.05) is 10.6 Å². The fraction of sp³-hybridized carbons (Fsp3) is 0.0952. The van der Waals surface area contributed by atoms with Crippen molar-refractivity contribution in [2.45, 2.75) is 13.5 Å². The molecule has 0 spiro atoms. The molecule has 0 aliphatic carbocycles. The van der Waals surface area contributed by atoms with Gasteiger partial charge in [0.05, 0.1) is 0 Å². The minimum absolute atomic E-state index is 0.0468. The summed E-state index contributed by atoms with van der Waals surface area (Å²) in [7, 11) is 0. The van der Waals surface area contributed by atoms with Crippen LogP contribution in [0, 0.1) is 5.82 Å². The molecule has 1 heterocycles. The first-order chi connectivity index (χ1) is 13.9. The second-order valence-corrected chi connectivity index (χ2v) is 6.20. The number of nitrogens with one attached hydrogen (secondary N) is 3. The average molecular weight is 395 g/mol. The van der Waals surface area contributed by atoms with E-state index in [-0.39, 0.29) is 29.8 Å². The number of anilines is 2. The van der Waals surface area contributed by atoms with Crippen LogP contribution in [0.4, 0.5) is 15.8 Å². The summed E-state index contributed by atoms with van der Waals surface area (Å²) in [6.07, 6.45) is 1.31. The Morgan fingerprint density at radius 2 is 1.62 bits per heavy atom. The summed E-state index contributed by atoms with van der Waals surface area (Å²) >= 11 is 0. The van der Waals surface area contributed by atoms with E-state index >= 15 is 0 Å². The van der Waals surface area contributed by atoms with Crippen LogP contribution >= 0.6 is 0 Å². The van der Waals surface area contributed by atoms with Crippen LogP contribution in [0.15, 0.2) is 65.6 Å². The van der Waals surface area contributed by atoms with Crippen molar-refractivity contribution < 1.29 is 18.7 Å². The molecule has 29 heavy (non-hydrogen) atoms. The van der Waals surface area contributed by atoms with Crippen LogP contribution in [0.1, 0.15) is 23.0 Å². The van der Waals surface area contributed by atoms with Gasteiger partial charge in [-0.05, 0) is 42.0 Å². The third-order valence-corrected chi connectivity index (χ3v) is 3.89. The molecule has 0 atom stereocenters. The van der Waals surface area contributed by atoms with Crippen molar-refractivity contribution in [3.8, 4) is 5.75 Å². The number of halogens is 1. The summed E-state index contributed by atoms with van der Waals surface area (Å²) in [6.45, 7) is 1.49. The molecule has 8 heteroatoms. The highest BCUT2D eigenvalue weighted by molar-refractivity contribution is 6.03. The van der Waals surface area contributed by atoms with Crippen molar-refractivity contribution in [1.82, 2.24) is 4.98 Å². The molecule has 3 rings (SSSR count). The van der Waals surface area contributed by atoms with Gasteiger partial charge in [0.25, 0.3) is 5.91 Å². The molecule has 2 aromatic carbocycles. The maximum Gasteiger partial charge on any atom is 0.272 e. The number of aromatic amines is 1. The van der Waals surface area contributed by atoms with Crippen LogP contribution in [0.25, 0.3) is 0 Å². The Balaban J connectivity index is 1.62. The summed E-state index contributed by atoms with van der Waals surface area (Å²) < 4.78 is 18.3. The Labute approximate surface area is 165 Å². The first-order valence-corrected chi connectivity index (χ1v) is 8.70. The maximum atomic E-state index is 12.9. The first kappa shape index (κ1) is 19.8. The van der Waals surface area contributed by atoms with E-state index in [1.165, 1.54) is 25.3 Å². The lowest BCUT2D eigenvalue weighted by atomic mass is 10.2. The molecule has 0 radical (unpaired) electrons. The van der Waals surface area contributed by atoms with Crippen molar-refractivity contribution in [3.63, 3.8) is 0 Å². The van der Waals surface area contributed by atoms with E-state index in [4.69, 9.17) is 4.74 Å². The molecule has 7 nitrogen and oxygen atoms in total. The van der Waals surface area contributed by atoms with E-state index in [1.807, 2.05) is 0 Å². The van der Waals surface area contributed by atoms with E-state index < -0.39 is 11.3 Å². The number of rotatable bonds is 6. The predicted molar refractivity (Wildman–Crippen MR) is 106 cm³/mol. The normalized spacial score (nSPS) is 10.3. The van der Waals surface area contributed by atoms with Gasteiger partial charge in [-0.15, -0.1) is 0 Å². The summed E-state index contributed by atoms with van der Waals surface area (Å²) in [5.74, 6) is -1.00. The lowest BCUT2D eigenvalue weighted by Crippen LogP contribution is -2.17. The van der Waals surface area contributed by atoms with E-state index in [9.17, 15) is 18.8 Å². The van der Waals surface area contributed by atoms with Crippen LogP contribution in [-0.4, -0.2) is 16.8 Å². The number of hydrogen-bond acceptors (Lipinski definition) is 4. The number of hydrogen-bond donors (Lipinski definition) is 3. The highest BCUT2D eigenvalue weighted by Crippen LogP contribution is 2.14. The van der Waals surface area contributed by atoms with Gasteiger partial charge in [0.2, 0.25) is 11.3 Å². The number of carbonyl (C=O) groups is 2. The van der Waals surface area contributed by atoms with Gasteiger partial charge in [0, 0.05) is 30.6 Å². The van der Waals surface area contributed by atoms with Crippen LogP contribution in [0.5, 0.6) is 5.75 Å². The van der Waals surface area contributed by atoms with Gasteiger partial charge >= 0.3 is 0 Å². The predicted octanol–water partition coefficient (Wildman–Crippen LogP) is 3.30. The summed E-state index contributed by atoms with van der Waals surface area (Å²) in [6, 6.07) is 13.4. The fourth-order valence-corrected chi connectivity index (χ4v) is 2.48. The molecule has 0 aliphatic rings. The molecule has 148 valence electrons. The van der Waals surface area contributed by atoms with Crippen molar-refractivity contribution in [1.29, 1.82) is 0 Å². The molecular weight excluding hydrogens is 377 g/mol. The number of aromatic nitrogens is 1. The highest BCUT2D eigenvalue weighted by Gasteiger charge is 2.10. The summed E-state index contributed by atoms with van der Waals surface area (Å²) in [5, 5.41) is 5.28. The molecule has 2 amide bonds. The summed E-state index contributed by atoms with van der Waals surface area (Å²) in [5.41, 5.74) is 1.41. The van der Waals surface area contributed by atoms with E-state index in [0.717, 1.165) is 6.07 Å². The quantitative estimate of drug-likeness (QED) is 0.596. The molecule has 0 aliphatic heterocycles. The molecule has 0 unspecified atom stereocenters. The van der Waals surface area contributed by atoms with Crippen molar-refractivity contribution >= 4 is 23.2 Å². The van der Waals surface area contributed by atoms with Crippen molar-refractivity contribution in [3.05, 3.63) is 88.1 Å². The smallest absolute Gasteiger partial charge is 0.272 e. The Morgan fingerprint density at radius 1 is 1.00 bits per heavy atom. The Bertz CT molecular complexity index is 1080. The molecule has 0 bridgehead atoms. The van der Waals surface area contributed by atoms with Gasteiger partial charge in [-0.2, -0.15) is 0 Å². The van der Waals surface area contributed by atoms with Gasteiger partial charge in [-0.3, -0.25) is 14.4 Å². The maximum absolute atomic E-state index is 12.9. The standard InChI is InChI=1S/C21H18FN3O4/c1-13(26)24-16-6-8-17(9-7-16)25-21(28)18-10-19(27)20(11-23-18)29-12-14-2-4-15(22)5-3-14/h2-11H,12H2,1H3,(H,23,27)(H,24,26)(H,25,28). The SMILES string of the molecule is CC(=O)Nc1ccc(NC(=O)c2cc(=O)c(OCc3ccc(F)cc3)c[nH]2)cc1. The van der Waals surface area contributed by atoms with Gasteiger partial charge in [-0.1, -0.05) is 12.1 Å². The molecule has 0 fully saturated rings. The summed E-state index contributed by atoms with van der Waals surface area (Å²) in [4.78, 5) is 38.3. The van der Waals surface area contributed by atoms with Crippen LogP contribution in [-0.2, 0) is 11.4 Å². The highest BCUT2D eigenvalue weighted by atomic mass is 19.1. The second kappa shape index (κ2) is 8.83. The third kappa shape index (κ3) is 5.52. The number of ether oxygens (including phenoxy) is 1. The van der Waals surface area contributed by atoms with E-state index in [0.29, 0.717) is 16.9 Å². The minimum atomic E-state index is -0.500. The largest absolute Gasteiger partial charge is 0.483 e. The molecule has 3 N–H and O–H groups in total. The Morgan fingerprint density at radius 3 is 2.21 bits per heavy atom. The van der Waals surface area contributed by atoms with Crippen LogP contribution in [0.2, 0.25) is 0 Å². The van der Waals surface area contributed by atoms with Gasteiger partial charge in [0.1, 0.15) is 18.1 Å². The number of benzene rings is 2. The molecule has 0 saturated heterocycles. The number of H-pyrrole nitrogens is 1. The minimum Gasteiger partial charge on any atom is -0.483 e. The van der Waals surface area contributed by atoms with Crippen LogP contribution < -0.4 is 20.8 Å². The third-order valence-electron chi connectivity index (χ3n) is 3.89. The second-order valence-electron chi connectivity index (χ2n) is 6.20. The number of carbonyl (C=O) groups excluding carboxylic acids is 2. The fourth-order valence-electron chi connectivity index (χ4n) is 2.48. The first-order valence-electron chi connectivity index (χ1n) is 8.70. The van der Waals surface area contributed by atoms with Gasteiger partial charge < -0.3 is 20.4 Å². The topological polar surface area (TPSA) is 100 Å². The monoisotopic (exact) mass is 395 g/mol. The van der Waals surface area contributed by atoms with E-state index in [1.54, 1.807) is 36.4 Å². The molecule has 3 aromatic rings.